The summed E-state index contributed by atoms with van der Waals surface area (Å²) in [5.74, 6) is -0.408. The van der Waals surface area contributed by atoms with Crippen molar-refractivity contribution in [2.75, 3.05) is 18.4 Å². The third-order valence-electron chi connectivity index (χ3n) is 4.29. The Labute approximate surface area is 156 Å². The molecule has 0 saturated carbocycles. The fourth-order valence-electron chi connectivity index (χ4n) is 2.95. The van der Waals surface area contributed by atoms with Gasteiger partial charge in [-0.3, -0.25) is 9.59 Å². The van der Waals surface area contributed by atoms with E-state index < -0.39 is 0 Å². The molecule has 1 aliphatic rings. The van der Waals surface area contributed by atoms with Gasteiger partial charge < -0.3 is 10.2 Å². The summed E-state index contributed by atoms with van der Waals surface area (Å²) >= 11 is 11.9. The number of halogens is 2. The second-order valence-electron chi connectivity index (χ2n) is 6.07. The lowest BCUT2D eigenvalue weighted by atomic mass is 9.96. The number of para-hydroxylation sites is 1. The molecule has 0 bridgehead atoms. The van der Waals surface area contributed by atoms with Gasteiger partial charge >= 0.3 is 0 Å². The Morgan fingerprint density at radius 2 is 1.80 bits per heavy atom. The van der Waals surface area contributed by atoms with Crippen molar-refractivity contribution in [1.29, 1.82) is 0 Å². The van der Waals surface area contributed by atoms with Crippen molar-refractivity contribution in [3.05, 3.63) is 64.1 Å². The van der Waals surface area contributed by atoms with Gasteiger partial charge in [0.15, 0.2) is 0 Å². The van der Waals surface area contributed by atoms with Gasteiger partial charge in [-0.2, -0.15) is 0 Å². The minimum Gasteiger partial charge on any atom is -0.338 e. The van der Waals surface area contributed by atoms with E-state index in [0.29, 0.717) is 28.7 Å². The van der Waals surface area contributed by atoms with E-state index in [-0.39, 0.29) is 17.7 Å². The summed E-state index contributed by atoms with van der Waals surface area (Å²) in [4.78, 5) is 26.9. The van der Waals surface area contributed by atoms with Crippen LogP contribution in [0.2, 0.25) is 10.0 Å². The molecule has 0 radical (unpaired) electrons. The van der Waals surface area contributed by atoms with Crippen molar-refractivity contribution >= 4 is 40.7 Å². The van der Waals surface area contributed by atoms with Crippen LogP contribution in [0.4, 0.5) is 5.69 Å². The number of hydrogen-bond donors (Lipinski definition) is 1. The summed E-state index contributed by atoms with van der Waals surface area (Å²) in [5, 5.41) is 3.68. The normalized spacial score (nSPS) is 17.2. The first-order valence-corrected chi connectivity index (χ1v) is 8.90. The number of hydrogen-bond acceptors (Lipinski definition) is 2. The number of carbonyl (C=O) groups excluding carboxylic acids is 2. The third-order valence-corrected chi connectivity index (χ3v) is 5.03. The van der Waals surface area contributed by atoms with E-state index in [1.165, 1.54) is 0 Å². The van der Waals surface area contributed by atoms with Crippen LogP contribution in [0.25, 0.3) is 0 Å². The summed E-state index contributed by atoms with van der Waals surface area (Å²) in [6.07, 6.45) is 1.56. The molecule has 2 aromatic rings. The van der Waals surface area contributed by atoms with Crippen molar-refractivity contribution in [1.82, 2.24) is 4.90 Å². The number of anilines is 1. The van der Waals surface area contributed by atoms with Gasteiger partial charge in [0.05, 0.1) is 16.0 Å². The van der Waals surface area contributed by atoms with Crippen LogP contribution in [0.3, 0.4) is 0 Å². The van der Waals surface area contributed by atoms with E-state index in [1.807, 2.05) is 30.3 Å². The predicted molar refractivity (Wildman–Crippen MR) is 100 cm³/mol. The zero-order valence-electron chi connectivity index (χ0n) is 13.5. The zero-order valence-corrected chi connectivity index (χ0v) is 15.1. The molecule has 1 atom stereocenters. The van der Waals surface area contributed by atoms with Crippen molar-refractivity contribution in [2.45, 2.75) is 12.8 Å². The predicted octanol–water partition coefficient (Wildman–Crippen LogP) is 4.48. The molecule has 3 rings (SSSR count). The van der Waals surface area contributed by atoms with Gasteiger partial charge in [0.2, 0.25) is 5.91 Å². The molecule has 4 nitrogen and oxygen atoms in total. The van der Waals surface area contributed by atoms with Gasteiger partial charge in [-0.1, -0.05) is 41.4 Å². The summed E-state index contributed by atoms with van der Waals surface area (Å²) in [7, 11) is 0. The van der Waals surface area contributed by atoms with E-state index in [9.17, 15) is 9.59 Å². The van der Waals surface area contributed by atoms with Crippen LogP contribution in [-0.4, -0.2) is 29.8 Å². The van der Waals surface area contributed by atoms with Gasteiger partial charge in [-0.25, -0.2) is 0 Å². The first-order chi connectivity index (χ1) is 12.0. The van der Waals surface area contributed by atoms with Crippen LogP contribution >= 0.6 is 23.2 Å². The van der Waals surface area contributed by atoms with Crippen LogP contribution in [0.5, 0.6) is 0 Å². The molecule has 1 N–H and O–H groups in total. The topological polar surface area (TPSA) is 49.4 Å². The number of rotatable bonds is 3. The third kappa shape index (κ3) is 4.33. The molecule has 0 aliphatic carbocycles. The quantitative estimate of drug-likeness (QED) is 0.857. The highest BCUT2D eigenvalue weighted by Crippen LogP contribution is 2.25. The van der Waals surface area contributed by atoms with E-state index in [2.05, 4.69) is 5.32 Å². The molecular formula is C19H18Cl2N2O2. The van der Waals surface area contributed by atoms with Crippen LogP contribution in [0.15, 0.2) is 48.5 Å². The molecule has 130 valence electrons. The Kier molecular flexibility index (Phi) is 5.61. The first-order valence-electron chi connectivity index (χ1n) is 8.15. The highest BCUT2D eigenvalue weighted by Gasteiger charge is 2.29. The second-order valence-corrected chi connectivity index (χ2v) is 6.89. The number of likely N-dealkylation sites (tertiary alicyclic amines) is 1. The highest BCUT2D eigenvalue weighted by atomic mass is 35.5. The van der Waals surface area contributed by atoms with Crippen molar-refractivity contribution in [2.24, 2.45) is 5.92 Å². The molecule has 6 heteroatoms. The standard InChI is InChI=1S/C19H18Cl2N2O2/c20-16-9-8-13(11-17(16)21)19(25)23-10-4-5-14(12-23)18(24)22-15-6-2-1-3-7-15/h1-3,6-9,11,14H,4-5,10,12H2,(H,22,24). The van der Waals surface area contributed by atoms with Crippen LogP contribution in [-0.2, 0) is 4.79 Å². The van der Waals surface area contributed by atoms with E-state index >= 15 is 0 Å². The molecule has 1 heterocycles. The minimum atomic E-state index is -0.222. The maximum Gasteiger partial charge on any atom is 0.253 e. The van der Waals surface area contributed by atoms with Gasteiger partial charge in [0.25, 0.3) is 5.91 Å². The van der Waals surface area contributed by atoms with E-state index in [4.69, 9.17) is 23.2 Å². The van der Waals surface area contributed by atoms with Gasteiger partial charge in [0.1, 0.15) is 0 Å². The Balaban J connectivity index is 1.67. The second kappa shape index (κ2) is 7.89. The number of nitrogens with one attached hydrogen (secondary N) is 1. The minimum absolute atomic E-state index is 0.0576. The molecule has 1 saturated heterocycles. The van der Waals surface area contributed by atoms with Crippen molar-refractivity contribution < 1.29 is 9.59 Å². The fraction of sp³-hybridized carbons (Fsp3) is 0.263. The number of carbonyl (C=O) groups is 2. The zero-order chi connectivity index (χ0) is 17.8. The van der Waals surface area contributed by atoms with Crippen LogP contribution in [0, 0.1) is 5.92 Å². The molecule has 0 aromatic heterocycles. The lowest BCUT2D eigenvalue weighted by molar-refractivity contribution is -0.121. The lowest BCUT2D eigenvalue weighted by Gasteiger charge is -2.32. The largest absolute Gasteiger partial charge is 0.338 e. The maximum absolute atomic E-state index is 12.7. The van der Waals surface area contributed by atoms with E-state index in [1.54, 1.807) is 23.1 Å². The monoisotopic (exact) mass is 376 g/mol. The Bertz CT molecular complexity index is 780. The molecule has 0 spiro atoms. The smallest absolute Gasteiger partial charge is 0.253 e. The number of nitrogens with zero attached hydrogens (tertiary/aromatic N) is 1. The molecule has 1 aliphatic heterocycles. The Hall–Kier alpha value is -2.04. The average Bonchev–Trinajstić information content (AvgIpc) is 2.64. The van der Waals surface area contributed by atoms with Gasteiger partial charge in [-0.05, 0) is 43.2 Å². The number of amides is 2. The van der Waals surface area contributed by atoms with Gasteiger partial charge in [-0.15, -0.1) is 0 Å². The highest BCUT2D eigenvalue weighted by molar-refractivity contribution is 6.42. The lowest BCUT2D eigenvalue weighted by Crippen LogP contribution is -2.43. The number of piperidine rings is 1. The number of benzene rings is 2. The van der Waals surface area contributed by atoms with E-state index in [0.717, 1.165) is 18.5 Å². The molecule has 1 fully saturated rings. The molecule has 2 amide bonds. The Morgan fingerprint density at radius 3 is 2.52 bits per heavy atom. The molecule has 1 unspecified atom stereocenters. The maximum atomic E-state index is 12.7. The summed E-state index contributed by atoms with van der Waals surface area (Å²) in [6, 6.07) is 14.2. The molecule has 2 aromatic carbocycles. The molecule has 25 heavy (non-hydrogen) atoms. The van der Waals surface area contributed by atoms with Crippen molar-refractivity contribution in [3.63, 3.8) is 0 Å². The summed E-state index contributed by atoms with van der Waals surface area (Å²) < 4.78 is 0. The Morgan fingerprint density at radius 1 is 1.04 bits per heavy atom. The fourth-order valence-corrected chi connectivity index (χ4v) is 3.25. The SMILES string of the molecule is O=C(Nc1ccccc1)C1CCCN(C(=O)c2ccc(Cl)c(Cl)c2)C1. The van der Waals surface area contributed by atoms with Crippen LogP contribution < -0.4 is 5.32 Å². The first kappa shape index (κ1) is 17.8. The van der Waals surface area contributed by atoms with Crippen molar-refractivity contribution in [3.8, 4) is 0 Å². The average molecular weight is 377 g/mol. The summed E-state index contributed by atoms with van der Waals surface area (Å²) in [5.41, 5.74) is 1.25. The van der Waals surface area contributed by atoms with Gasteiger partial charge in [0, 0.05) is 24.3 Å². The molecular weight excluding hydrogens is 359 g/mol. The summed E-state index contributed by atoms with van der Waals surface area (Å²) in [6.45, 7) is 1.03. The van der Waals surface area contributed by atoms with Crippen LogP contribution in [0.1, 0.15) is 23.2 Å².